The fourth-order valence-corrected chi connectivity index (χ4v) is 8.66. The number of ether oxygens (including phenoxy) is 1. The lowest BCUT2D eigenvalue weighted by Crippen LogP contribution is -2.31. The third-order valence-corrected chi connectivity index (χ3v) is 12.9. The summed E-state index contributed by atoms with van der Waals surface area (Å²) in [6.45, 7) is 21.6. The lowest BCUT2D eigenvalue weighted by Gasteiger charge is -2.27. The zero-order valence-corrected chi connectivity index (χ0v) is 39.7. The fraction of sp³-hybridized carbons (Fsp3) is 0.226. The molecule has 0 bridgehead atoms. The Morgan fingerprint density at radius 3 is 2.00 bits per heavy atom. The second kappa shape index (κ2) is 16.6. The molecule has 334 valence electrons. The van der Waals surface area contributed by atoms with Gasteiger partial charge in [0.15, 0.2) is 0 Å². The first kappa shape index (κ1) is 32.4. The number of nitrogens with zero attached hydrogens (tertiary/aromatic N) is 4. The van der Waals surface area contributed by atoms with Crippen LogP contribution in [0.15, 0.2) is 176 Å². The number of benzene rings is 7. The maximum absolute atomic E-state index is 9.47. The van der Waals surface area contributed by atoms with Gasteiger partial charge in [-0.05, 0) is 110 Å². The van der Waals surface area contributed by atoms with Gasteiger partial charge in [-0.15, -0.1) is 0 Å². The number of para-hydroxylation sites is 4. The second-order valence-electron chi connectivity index (χ2n) is 20.5. The molecule has 5 nitrogen and oxygen atoms in total. The third kappa shape index (κ3) is 8.22. The van der Waals surface area contributed by atoms with E-state index >= 15 is 0 Å². The van der Waals surface area contributed by atoms with Gasteiger partial charge in [-0.1, -0.05) is 184 Å². The summed E-state index contributed by atoms with van der Waals surface area (Å²) in [7, 11) is 0. The molecule has 0 N–H and O–H groups in total. The van der Waals surface area contributed by atoms with Crippen molar-refractivity contribution in [2.24, 2.45) is 5.41 Å². The SMILES string of the molecule is [2H]c1c([2H])c([2H])c(-c2cccc(-c3cc(C(C)(C)C)cc(C(C)(C)C)c3)c2-[n+]2[c-]n(-c3cccc(Oc4cc5c(c([2H])c4[2H])c4c([2H])c([2H])c([2H])c([2H])c4n5-c4cc(C(C)C(C)(C)C)ccn4)c3)c3ccccc32)c([2H])c1[2H]. The smallest absolute Gasteiger partial charge is 0.269 e. The monoisotopic (exact) mass is 888 g/mol. The molecule has 0 aliphatic heterocycles. The second-order valence-corrected chi connectivity index (χ2v) is 20.5. The van der Waals surface area contributed by atoms with Crippen LogP contribution in [0, 0.1) is 11.7 Å². The Hall–Kier alpha value is -7.24. The van der Waals surface area contributed by atoms with Gasteiger partial charge in [-0.2, -0.15) is 0 Å². The van der Waals surface area contributed by atoms with E-state index < -0.39 is 30.2 Å². The average molecular weight is 888 g/mol. The lowest BCUT2D eigenvalue weighted by molar-refractivity contribution is -0.571. The Balaban J connectivity index is 1.18. The summed E-state index contributed by atoms with van der Waals surface area (Å²) in [4.78, 5) is 4.73. The van der Waals surface area contributed by atoms with Crippen LogP contribution in [0.3, 0.4) is 0 Å². The molecule has 0 amide bonds. The highest BCUT2D eigenvalue weighted by Gasteiger charge is 2.26. The van der Waals surface area contributed by atoms with E-state index in [4.69, 9.17) is 19.3 Å². The van der Waals surface area contributed by atoms with Gasteiger partial charge in [-0.25, -0.2) is 4.98 Å². The fourth-order valence-electron chi connectivity index (χ4n) is 8.66. The van der Waals surface area contributed by atoms with E-state index in [1.807, 2.05) is 63.7 Å². The molecule has 0 fully saturated rings. The highest BCUT2D eigenvalue weighted by molar-refractivity contribution is 6.09. The maximum atomic E-state index is 9.47. The third-order valence-electron chi connectivity index (χ3n) is 12.9. The normalized spacial score (nSPS) is 15.2. The molecule has 0 saturated heterocycles. The van der Waals surface area contributed by atoms with Crippen LogP contribution in [0.5, 0.6) is 11.5 Å². The minimum absolute atomic E-state index is 0.00360. The Kier molecular flexibility index (Phi) is 8.02. The van der Waals surface area contributed by atoms with Crippen LogP contribution in [0.25, 0.3) is 72.3 Å². The van der Waals surface area contributed by atoms with Crippen molar-refractivity contribution in [2.45, 2.75) is 86.0 Å². The molecular formula is C62H60N4O. The summed E-state index contributed by atoms with van der Waals surface area (Å²) in [5, 5.41) is 0.274. The Morgan fingerprint density at radius 1 is 0.597 bits per heavy atom. The first-order valence-electron chi connectivity index (χ1n) is 28.2. The van der Waals surface area contributed by atoms with Crippen molar-refractivity contribution in [2.75, 3.05) is 0 Å². The summed E-state index contributed by atoms with van der Waals surface area (Å²) >= 11 is 0. The van der Waals surface area contributed by atoms with Gasteiger partial charge < -0.3 is 4.74 Å². The molecule has 7 aromatic carbocycles. The average Bonchev–Trinajstić information content (AvgIpc) is 4.18. The highest BCUT2D eigenvalue weighted by atomic mass is 16.5. The zero-order valence-electron chi connectivity index (χ0n) is 50.7. The first-order valence-corrected chi connectivity index (χ1v) is 22.7. The van der Waals surface area contributed by atoms with Gasteiger partial charge in [0.2, 0.25) is 0 Å². The molecule has 67 heavy (non-hydrogen) atoms. The molecule has 10 aromatic rings. The molecular weight excluding hydrogens is 817 g/mol. The van der Waals surface area contributed by atoms with E-state index in [1.165, 1.54) is 0 Å². The largest absolute Gasteiger partial charge is 0.458 e. The van der Waals surface area contributed by atoms with E-state index in [9.17, 15) is 5.48 Å². The Labute approximate surface area is 411 Å². The topological polar surface area (TPSA) is 35.9 Å². The van der Waals surface area contributed by atoms with Gasteiger partial charge in [0.25, 0.3) is 6.33 Å². The minimum atomic E-state index is -0.488. The lowest BCUT2D eigenvalue weighted by atomic mass is 9.78. The quantitative estimate of drug-likeness (QED) is 0.113. The van der Waals surface area contributed by atoms with Gasteiger partial charge >= 0.3 is 0 Å². The maximum Gasteiger partial charge on any atom is 0.269 e. The van der Waals surface area contributed by atoms with Crippen LogP contribution < -0.4 is 9.30 Å². The van der Waals surface area contributed by atoms with E-state index in [0.717, 1.165) is 27.8 Å². The summed E-state index contributed by atoms with van der Waals surface area (Å²) < 4.78 is 111. The minimum Gasteiger partial charge on any atom is -0.458 e. The summed E-state index contributed by atoms with van der Waals surface area (Å²) in [5.74, 6) is 0.769. The molecule has 3 heterocycles. The molecule has 5 heteroatoms. The number of hydrogen-bond acceptors (Lipinski definition) is 2. The Morgan fingerprint density at radius 2 is 1.27 bits per heavy atom. The molecule has 1 atom stereocenters. The van der Waals surface area contributed by atoms with Gasteiger partial charge in [0.1, 0.15) is 17.3 Å². The van der Waals surface area contributed by atoms with Gasteiger partial charge in [-0.3, -0.25) is 13.7 Å². The number of pyridine rings is 1. The number of aromatic nitrogens is 4. The van der Waals surface area contributed by atoms with Crippen molar-refractivity contribution < 1.29 is 24.4 Å². The number of hydrogen-bond donors (Lipinski definition) is 0. The van der Waals surface area contributed by atoms with Crippen molar-refractivity contribution in [3.63, 3.8) is 0 Å². The molecule has 0 radical (unpaired) electrons. The molecule has 1 unspecified atom stereocenters. The van der Waals surface area contributed by atoms with E-state index in [2.05, 4.69) is 93.8 Å². The number of fused-ring (bicyclic) bond motifs is 4. The Bertz CT molecular complexity index is 4060. The first-order chi connectivity index (χ1) is 36.6. The summed E-state index contributed by atoms with van der Waals surface area (Å²) in [5.41, 5.74) is 7.67. The molecule has 3 aromatic heterocycles. The number of imidazole rings is 1. The van der Waals surface area contributed by atoms with Gasteiger partial charge in [0.05, 0.1) is 48.5 Å². The van der Waals surface area contributed by atoms with Crippen molar-refractivity contribution in [3.05, 3.63) is 199 Å². The van der Waals surface area contributed by atoms with E-state index in [0.29, 0.717) is 45.1 Å². The predicted molar refractivity (Wildman–Crippen MR) is 278 cm³/mol. The number of rotatable bonds is 8. The van der Waals surface area contributed by atoms with Gasteiger partial charge in [0, 0.05) is 23.0 Å². The van der Waals surface area contributed by atoms with Crippen LogP contribution in [-0.4, -0.2) is 14.1 Å². The zero-order chi connectivity index (χ0) is 56.4. The molecule has 10 rings (SSSR count). The van der Waals surface area contributed by atoms with Crippen molar-refractivity contribution in [3.8, 4) is 50.9 Å². The van der Waals surface area contributed by atoms with Crippen LogP contribution in [0.2, 0.25) is 0 Å². The van der Waals surface area contributed by atoms with E-state index in [-0.39, 0.29) is 86.0 Å². The molecule has 0 saturated carbocycles. The van der Waals surface area contributed by atoms with Crippen LogP contribution >= 0.6 is 0 Å². The molecule has 0 spiro atoms. The van der Waals surface area contributed by atoms with Crippen LogP contribution in [0.4, 0.5) is 0 Å². The summed E-state index contributed by atoms with van der Waals surface area (Å²) in [6, 6.07) is 28.4. The van der Waals surface area contributed by atoms with Crippen LogP contribution in [0.1, 0.15) is 107 Å². The summed E-state index contributed by atoms with van der Waals surface area (Å²) in [6.07, 6.45) is 5.28. The standard InChI is InChI=1S/C62H60N4O/c1-41(60(2,3)4)43-32-33-63-58(36-43)66-54-27-15-14-24-52(54)53-31-30-49(39-57(53)66)67-48-23-18-22-47(38-48)64-40-65(56-29-17-16-28-55(56)64)59-50(42-20-12-11-13-21-42)25-19-26-51(59)44-34-45(61(5,6)7)37-46(35-44)62(8,9)10/h11-39,41H,1-10H3/i11D,12D,13D,14D,15D,20D,21D,24D,27D,30D,31D. The van der Waals surface area contributed by atoms with Crippen LogP contribution in [-0.2, 0) is 10.8 Å². The highest BCUT2D eigenvalue weighted by Crippen LogP contribution is 2.41. The molecule has 0 aliphatic carbocycles. The van der Waals surface area contributed by atoms with Crippen molar-refractivity contribution in [1.29, 1.82) is 0 Å². The molecule has 0 aliphatic rings. The van der Waals surface area contributed by atoms with E-state index in [1.54, 1.807) is 41.1 Å². The van der Waals surface area contributed by atoms with Crippen molar-refractivity contribution >= 4 is 32.8 Å². The van der Waals surface area contributed by atoms with Crippen molar-refractivity contribution in [1.82, 2.24) is 14.1 Å². The predicted octanol–water partition coefficient (Wildman–Crippen LogP) is 16.1.